The van der Waals surface area contributed by atoms with E-state index >= 15 is 0 Å². The molecule has 0 aromatic heterocycles. The average molecular weight is 269 g/mol. The molecular formula is C14H23NO2S. The van der Waals surface area contributed by atoms with E-state index in [0.29, 0.717) is 13.0 Å². The predicted octanol–water partition coefficient (Wildman–Crippen LogP) is 2.68. The Morgan fingerprint density at radius 2 is 1.78 bits per heavy atom. The molecule has 0 radical (unpaired) electrons. The average Bonchev–Trinajstić information content (AvgIpc) is 2.35. The largest absolute Gasteiger partial charge is 0.213 e. The highest BCUT2D eigenvalue weighted by Gasteiger charge is 2.15. The first-order chi connectivity index (χ1) is 8.56. The minimum Gasteiger partial charge on any atom is -0.212 e. The molecule has 1 rings (SSSR count). The van der Waals surface area contributed by atoms with Gasteiger partial charge in [0, 0.05) is 13.6 Å². The van der Waals surface area contributed by atoms with Crippen LogP contribution in [0.4, 0.5) is 0 Å². The summed E-state index contributed by atoms with van der Waals surface area (Å²) in [6, 6.07) is 10.3. The number of rotatable bonds is 8. The van der Waals surface area contributed by atoms with E-state index in [-0.39, 0.29) is 5.75 Å². The van der Waals surface area contributed by atoms with Gasteiger partial charge in [-0.2, -0.15) is 0 Å². The maximum atomic E-state index is 11.7. The van der Waals surface area contributed by atoms with Crippen LogP contribution in [0.2, 0.25) is 0 Å². The number of nitrogens with zero attached hydrogens (tertiary/aromatic N) is 1. The molecule has 3 nitrogen and oxygen atoms in total. The van der Waals surface area contributed by atoms with Gasteiger partial charge in [0.15, 0.2) is 0 Å². The van der Waals surface area contributed by atoms with Crippen LogP contribution in [0.15, 0.2) is 30.3 Å². The normalized spacial score (nSPS) is 11.9. The van der Waals surface area contributed by atoms with Crippen molar-refractivity contribution in [2.45, 2.75) is 32.6 Å². The Hall–Kier alpha value is -0.870. The van der Waals surface area contributed by atoms with Gasteiger partial charge < -0.3 is 0 Å². The first-order valence-electron chi connectivity index (χ1n) is 6.54. The first kappa shape index (κ1) is 15.2. The molecular weight excluding hydrogens is 246 g/mol. The summed E-state index contributed by atoms with van der Waals surface area (Å²) in [5.74, 6) is 0.252. The molecule has 0 bridgehead atoms. The van der Waals surface area contributed by atoms with E-state index in [1.165, 1.54) is 9.87 Å². The fourth-order valence-electron chi connectivity index (χ4n) is 1.86. The Morgan fingerprint density at radius 3 is 2.39 bits per heavy atom. The lowest BCUT2D eigenvalue weighted by Gasteiger charge is -2.16. The van der Waals surface area contributed by atoms with Crippen LogP contribution in [-0.4, -0.2) is 32.1 Å². The number of aryl methyl sites for hydroxylation is 1. The molecule has 4 heteroatoms. The molecule has 0 N–H and O–H groups in total. The van der Waals surface area contributed by atoms with Gasteiger partial charge >= 0.3 is 0 Å². The Bertz CT molecular complexity index is 428. The zero-order chi connectivity index (χ0) is 13.4. The lowest BCUT2D eigenvalue weighted by molar-refractivity contribution is 0.455. The maximum absolute atomic E-state index is 11.7. The zero-order valence-corrected chi connectivity index (χ0v) is 12.1. The number of hydrogen-bond acceptors (Lipinski definition) is 2. The van der Waals surface area contributed by atoms with Crippen LogP contribution in [0.5, 0.6) is 0 Å². The van der Waals surface area contributed by atoms with Crippen LogP contribution in [0, 0.1) is 0 Å². The van der Waals surface area contributed by atoms with Crippen molar-refractivity contribution < 1.29 is 8.42 Å². The number of hydrogen-bond donors (Lipinski definition) is 0. The maximum Gasteiger partial charge on any atom is 0.213 e. The summed E-state index contributed by atoms with van der Waals surface area (Å²) in [6.45, 7) is 2.51. The lowest BCUT2D eigenvalue weighted by Crippen LogP contribution is -2.30. The lowest BCUT2D eigenvalue weighted by atomic mass is 10.1. The van der Waals surface area contributed by atoms with E-state index in [1.807, 2.05) is 25.1 Å². The summed E-state index contributed by atoms with van der Waals surface area (Å²) >= 11 is 0. The van der Waals surface area contributed by atoms with Gasteiger partial charge in [-0.1, -0.05) is 37.3 Å². The van der Waals surface area contributed by atoms with Gasteiger partial charge in [0.1, 0.15) is 0 Å². The Morgan fingerprint density at radius 1 is 1.11 bits per heavy atom. The van der Waals surface area contributed by atoms with Crippen LogP contribution in [0.1, 0.15) is 31.7 Å². The quantitative estimate of drug-likeness (QED) is 0.680. The molecule has 0 aliphatic heterocycles. The van der Waals surface area contributed by atoms with Gasteiger partial charge in [-0.05, 0) is 31.2 Å². The minimum absolute atomic E-state index is 0.252. The van der Waals surface area contributed by atoms with Crippen molar-refractivity contribution in [3.8, 4) is 0 Å². The fourth-order valence-corrected chi connectivity index (χ4v) is 3.10. The molecule has 0 aliphatic carbocycles. The van der Waals surface area contributed by atoms with Gasteiger partial charge in [-0.3, -0.25) is 0 Å². The van der Waals surface area contributed by atoms with Crippen molar-refractivity contribution in [2.75, 3.05) is 19.3 Å². The third kappa shape index (κ3) is 5.19. The van der Waals surface area contributed by atoms with Crippen molar-refractivity contribution in [3.05, 3.63) is 35.9 Å². The van der Waals surface area contributed by atoms with E-state index in [4.69, 9.17) is 0 Å². The van der Waals surface area contributed by atoms with E-state index in [0.717, 1.165) is 19.3 Å². The van der Waals surface area contributed by atoms with Crippen molar-refractivity contribution in [2.24, 2.45) is 0 Å². The third-order valence-corrected chi connectivity index (χ3v) is 5.02. The second kappa shape index (κ2) is 7.54. The summed E-state index contributed by atoms with van der Waals surface area (Å²) in [6.07, 6.45) is 3.63. The molecule has 0 unspecified atom stereocenters. The summed E-state index contributed by atoms with van der Waals surface area (Å²) in [4.78, 5) is 0. The molecule has 0 amide bonds. The molecule has 0 spiro atoms. The van der Waals surface area contributed by atoms with Crippen LogP contribution in [0.3, 0.4) is 0 Å². The molecule has 1 aromatic carbocycles. The summed E-state index contributed by atoms with van der Waals surface area (Å²) in [5.41, 5.74) is 1.32. The molecule has 0 saturated heterocycles. The smallest absolute Gasteiger partial charge is 0.212 e. The van der Waals surface area contributed by atoms with Crippen molar-refractivity contribution >= 4 is 10.0 Å². The Balaban J connectivity index is 2.26. The van der Waals surface area contributed by atoms with Crippen molar-refractivity contribution in [1.29, 1.82) is 0 Å². The molecule has 0 heterocycles. The fraction of sp³-hybridized carbons (Fsp3) is 0.571. The second-order valence-corrected chi connectivity index (χ2v) is 6.78. The number of sulfonamides is 1. The van der Waals surface area contributed by atoms with Crippen LogP contribution >= 0.6 is 0 Å². The molecule has 0 aliphatic rings. The highest BCUT2D eigenvalue weighted by atomic mass is 32.2. The minimum atomic E-state index is -3.02. The first-order valence-corrected chi connectivity index (χ1v) is 8.15. The van der Waals surface area contributed by atoms with Crippen molar-refractivity contribution in [3.63, 3.8) is 0 Å². The summed E-state index contributed by atoms with van der Waals surface area (Å²) in [5, 5.41) is 0. The SMILES string of the molecule is CCCS(=O)(=O)N(C)CCCCc1ccccc1. The van der Waals surface area contributed by atoms with Gasteiger partial charge in [-0.25, -0.2) is 12.7 Å². The van der Waals surface area contributed by atoms with Crippen LogP contribution in [0.25, 0.3) is 0 Å². The highest BCUT2D eigenvalue weighted by Crippen LogP contribution is 2.07. The number of benzene rings is 1. The van der Waals surface area contributed by atoms with Crippen molar-refractivity contribution in [1.82, 2.24) is 4.31 Å². The topological polar surface area (TPSA) is 37.4 Å². The molecule has 102 valence electrons. The molecule has 0 fully saturated rings. The molecule has 0 atom stereocenters. The van der Waals surface area contributed by atoms with Crippen LogP contribution in [-0.2, 0) is 16.4 Å². The summed E-state index contributed by atoms with van der Waals surface area (Å²) in [7, 11) is -1.35. The van der Waals surface area contributed by atoms with E-state index in [1.54, 1.807) is 7.05 Å². The second-order valence-electron chi connectivity index (χ2n) is 4.58. The molecule has 1 aromatic rings. The van der Waals surface area contributed by atoms with E-state index in [9.17, 15) is 8.42 Å². The summed E-state index contributed by atoms with van der Waals surface area (Å²) < 4.78 is 24.9. The Kier molecular flexibility index (Phi) is 6.36. The predicted molar refractivity (Wildman–Crippen MR) is 76.1 cm³/mol. The zero-order valence-electron chi connectivity index (χ0n) is 11.3. The molecule has 18 heavy (non-hydrogen) atoms. The van der Waals surface area contributed by atoms with E-state index in [2.05, 4.69) is 12.1 Å². The number of unbranched alkanes of at least 4 members (excludes halogenated alkanes) is 1. The Labute approximate surface area is 111 Å². The monoisotopic (exact) mass is 269 g/mol. The highest BCUT2D eigenvalue weighted by molar-refractivity contribution is 7.89. The standard InChI is InChI=1S/C14H23NO2S/c1-3-13-18(16,17)15(2)12-8-7-11-14-9-5-4-6-10-14/h4-6,9-10H,3,7-8,11-13H2,1-2H3. The molecule has 0 saturated carbocycles. The van der Waals surface area contributed by atoms with Gasteiger partial charge in [0.25, 0.3) is 0 Å². The van der Waals surface area contributed by atoms with Crippen LogP contribution < -0.4 is 0 Å². The third-order valence-electron chi connectivity index (χ3n) is 2.97. The van der Waals surface area contributed by atoms with Gasteiger partial charge in [0.2, 0.25) is 10.0 Å². The van der Waals surface area contributed by atoms with Gasteiger partial charge in [0.05, 0.1) is 5.75 Å². The van der Waals surface area contributed by atoms with E-state index < -0.39 is 10.0 Å². The van der Waals surface area contributed by atoms with Gasteiger partial charge in [-0.15, -0.1) is 0 Å².